The van der Waals surface area contributed by atoms with Gasteiger partial charge in [0, 0.05) is 11.6 Å². The molecule has 1 aromatic carbocycles. The van der Waals surface area contributed by atoms with Crippen LogP contribution in [0.1, 0.15) is 43.3 Å². The van der Waals surface area contributed by atoms with Crippen LogP contribution in [0.4, 0.5) is 0 Å². The van der Waals surface area contributed by atoms with E-state index >= 15 is 0 Å². The number of hydrogen-bond acceptors (Lipinski definition) is 1. The van der Waals surface area contributed by atoms with Gasteiger partial charge in [0.2, 0.25) is 5.91 Å². The van der Waals surface area contributed by atoms with Gasteiger partial charge in [-0.1, -0.05) is 18.2 Å². The molecule has 4 saturated carbocycles. The maximum absolute atomic E-state index is 13.3. The van der Waals surface area contributed by atoms with Crippen molar-refractivity contribution in [2.24, 2.45) is 23.2 Å². The lowest BCUT2D eigenvalue weighted by Crippen LogP contribution is -2.51. The fraction of sp³-hybridized carbons (Fsp3) is 0.526. The first-order valence-corrected chi connectivity index (χ1v) is 8.34. The first-order chi connectivity index (χ1) is 10.2. The Bertz CT molecular complexity index is 691. The Balaban J connectivity index is 1.59. The number of benzene rings is 1. The molecule has 4 aliphatic carbocycles. The first kappa shape index (κ1) is 12.0. The summed E-state index contributed by atoms with van der Waals surface area (Å²) in [4.78, 5) is 13.3. The van der Waals surface area contributed by atoms with Crippen molar-refractivity contribution in [1.82, 2.24) is 4.57 Å². The summed E-state index contributed by atoms with van der Waals surface area (Å²) in [5.74, 6) is 2.84. The van der Waals surface area contributed by atoms with Gasteiger partial charge >= 0.3 is 0 Å². The molecule has 1 aromatic heterocycles. The van der Waals surface area contributed by atoms with Gasteiger partial charge in [-0.2, -0.15) is 0 Å². The highest BCUT2D eigenvalue weighted by atomic mass is 16.2. The lowest BCUT2D eigenvalue weighted by Gasteiger charge is -2.55. The molecule has 0 aliphatic heterocycles. The minimum Gasteiger partial charge on any atom is -0.287 e. The molecule has 0 saturated heterocycles. The number of hydrogen-bond donors (Lipinski definition) is 0. The zero-order chi connectivity index (χ0) is 14.0. The summed E-state index contributed by atoms with van der Waals surface area (Å²) < 4.78 is 1.95. The molecular formula is C19H21NO. The standard InChI is InChI=1S/C19H21NO/c21-18(20-6-5-16-3-1-2-4-17(16)20)19-10-13-7-14(11-19)9-15(8-13)12-19/h1-6,13-15H,7-12H2. The molecule has 0 amide bonds. The Morgan fingerprint density at radius 2 is 1.57 bits per heavy atom. The molecule has 0 atom stereocenters. The first-order valence-electron chi connectivity index (χ1n) is 8.34. The second kappa shape index (κ2) is 4.00. The molecule has 108 valence electrons. The normalized spacial score (nSPS) is 37.2. The van der Waals surface area contributed by atoms with Gasteiger partial charge in [0.1, 0.15) is 0 Å². The molecule has 6 rings (SSSR count). The fourth-order valence-electron chi connectivity index (χ4n) is 5.89. The van der Waals surface area contributed by atoms with Gasteiger partial charge in [-0.25, -0.2) is 0 Å². The van der Waals surface area contributed by atoms with Gasteiger partial charge in [-0.05, 0) is 68.4 Å². The number of carbonyl (C=O) groups is 1. The summed E-state index contributed by atoms with van der Waals surface area (Å²) in [5.41, 5.74) is 1.04. The maximum Gasteiger partial charge on any atom is 0.237 e. The van der Waals surface area contributed by atoms with E-state index in [-0.39, 0.29) is 5.41 Å². The van der Waals surface area contributed by atoms with Crippen LogP contribution in [0.25, 0.3) is 10.9 Å². The third-order valence-corrected chi connectivity index (χ3v) is 6.31. The van der Waals surface area contributed by atoms with E-state index in [9.17, 15) is 4.79 Å². The zero-order valence-corrected chi connectivity index (χ0v) is 12.3. The molecule has 4 fully saturated rings. The highest BCUT2D eigenvalue weighted by Crippen LogP contribution is 2.60. The van der Waals surface area contributed by atoms with Gasteiger partial charge in [0.15, 0.2) is 0 Å². The molecule has 0 radical (unpaired) electrons. The fourth-order valence-corrected chi connectivity index (χ4v) is 5.89. The van der Waals surface area contributed by atoms with Crippen LogP contribution >= 0.6 is 0 Å². The molecule has 0 unspecified atom stereocenters. The number of nitrogens with zero attached hydrogens (tertiary/aromatic N) is 1. The zero-order valence-electron chi connectivity index (χ0n) is 12.3. The van der Waals surface area contributed by atoms with Crippen molar-refractivity contribution in [2.75, 3.05) is 0 Å². The Hall–Kier alpha value is -1.57. The maximum atomic E-state index is 13.3. The second-order valence-corrected chi connectivity index (χ2v) is 7.75. The van der Waals surface area contributed by atoms with Crippen LogP contribution in [0, 0.1) is 23.2 Å². The second-order valence-electron chi connectivity index (χ2n) is 7.75. The van der Waals surface area contributed by atoms with Crippen LogP contribution in [-0.2, 0) is 0 Å². The number of fused-ring (bicyclic) bond motifs is 1. The van der Waals surface area contributed by atoms with E-state index in [1.54, 1.807) is 0 Å². The molecule has 0 spiro atoms. The van der Waals surface area contributed by atoms with E-state index in [4.69, 9.17) is 0 Å². The molecule has 4 bridgehead atoms. The topological polar surface area (TPSA) is 22.0 Å². The average molecular weight is 279 g/mol. The third kappa shape index (κ3) is 1.62. The Kier molecular flexibility index (Phi) is 2.29. The minimum absolute atomic E-state index is 0.0451. The van der Waals surface area contributed by atoms with Gasteiger partial charge < -0.3 is 0 Å². The van der Waals surface area contributed by atoms with Crippen molar-refractivity contribution >= 4 is 16.8 Å². The van der Waals surface area contributed by atoms with Crippen molar-refractivity contribution in [2.45, 2.75) is 38.5 Å². The van der Waals surface area contributed by atoms with Crippen LogP contribution in [0.3, 0.4) is 0 Å². The number of rotatable bonds is 1. The van der Waals surface area contributed by atoms with Crippen molar-refractivity contribution in [1.29, 1.82) is 0 Å². The number of para-hydroxylation sites is 1. The summed E-state index contributed by atoms with van der Waals surface area (Å²) in [6.07, 6.45) is 9.58. The van der Waals surface area contributed by atoms with Crippen molar-refractivity contribution < 1.29 is 4.79 Å². The predicted molar refractivity (Wildman–Crippen MR) is 83.2 cm³/mol. The summed E-state index contributed by atoms with van der Waals surface area (Å²) >= 11 is 0. The smallest absolute Gasteiger partial charge is 0.237 e. The van der Waals surface area contributed by atoms with Gasteiger partial charge in [-0.3, -0.25) is 9.36 Å². The molecule has 2 aromatic rings. The number of aromatic nitrogens is 1. The van der Waals surface area contributed by atoms with Gasteiger partial charge in [0.05, 0.1) is 10.9 Å². The van der Waals surface area contributed by atoms with Crippen molar-refractivity contribution in [3.05, 3.63) is 36.5 Å². The van der Waals surface area contributed by atoms with Crippen LogP contribution in [0.5, 0.6) is 0 Å². The Morgan fingerprint density at radius 1 is 0.952 bits per heavy atom. The average Bonchev–Trinajstić information content (AvgIpc) is 2.89. The van der Waals surface area contributed by atoms with Crippen molar-refractivity contribution in [3.63, 3.8) is 0 Å². The predicted octanol–water partition coefficient (Wildman–Crippen LogP) is 4.50. The van der Waals surface area contributed by atoms with Crippen LogP contribution in [0.2, 0.25) is 0 Å². The quantitative estimate of drug-likeness (QED) is 0.753. The van der Waals surface area contributed by atoms with Crippen molar-refractivity contribution in [3.8, 4) is 0 Å². The van der Waals surface area contributed by atoms with Crippen LogP contribution < -0.4 is 0 Å². The van der Waals surface area contributed by atoms with Crippen LogP contribution in [0.15, 0.2) is 36.5 Å². The Labute approximate surface area is 125 Å². The summed E-state index contributed by atoms with van der Waals surface area (Å²) in [5, 5.41) is 1.18. The minimum atomic E-state index is -0.0451. The number of carbonyl (C=O) groups excluding carboxylic acids is 1. The van der Waals surface area contributed by atoms with E-state index in [0.717, 1.165) is 42.5 Å². The van der Waals surface area contributed by atoms with Gasteiger partial charge in [0.25, 0.3) is 0 Å². The van der Waals surface area contributed by atoms with Crippen LogP contribution in [-0.4, -0.2) is 10.5 Å². The lowest BCUT2D eigenvalue weighted by atomic mass is 9.49. The highest BCUT2D eigenvalue weighted by molar-refractivity contribution is 5.95. The van der Waals surface area contributed by atoms with E-state index in [2.05, 4.69) is 18.2 Å². The molecule has 2 nitrogen and oxygen atoms in total. The highest BCUT2D eigenvalue weighted by Gasteiger charge is 2.55. The molecular weight excluding hydrogens is 258 g/mol. The largest absolute Gasteiger partial charge is 0.287 e. The summed E-state index contributed by atoms with van der Waals surface area (Å²) in [6, 6.07) is 10.3. The lowest BCUT2D eigenvalue weighted by molar-refractivity contribution is -0.0398. The summed E-state index contributed by atoms with van der Waals surface area (Å²) in [6.45, 7) is 0. The Morgan fingerprint density at radius 3 is 2.24 bits per heavy atom. The van der Waals surface area contributed by atoms with E-state index in [1.165, 1.54) is 24.6 Å². The van der Waals surface area contributed by atoms with E-state index in [1.807, 2.05) is 22.9 Å². The molecule has 0 N–H and O–H groups in total. The molecule has 4 aliphatic rings. The molecule has 21 heavy (non-hydrogen) atoms. The van der Waals surface area contributed by atoms with E-state index in [0.29, 0.717) is 5.91 Å². The third-order valence-electron chi connectivity index (χ3n) is 6.31. The molecule has 1 heterocycles. The van der Waals surface area contributed by atoms with Gasteiger partial charge in [-0.15, -0.1) is 0 Å². The molecule has 2 heteroatoms. The van der Waals surface area contributed by atoms with E-state index < -0.39 is 0 Å². The monoisotopic (exact) mass is 279 g/mol. The summed E-state index contributed by atoms with van der Waals surface area (Å²) in [7, 11) is 0. The SMILES string of the molecule is O=C(n1ccc2ccccc21)C12CC3CC(CC(C3)C1)C2.